The SMILES string of the molecule is CC(C)c1[nH]nc2c(NCc3ccc(-c4ccccn4)cc3)nc(SC(C)C(C)O)nc12. The third-order valence-corrected chi connectivity index (χ3v) is 6.49. The minimum Gasteiger partial charge on any atom is -0.392 e. The number of anilines is 1. The van der Waals surface area contributed by atoms with Crippen LogP contribution in [0.1, 0.15) is 44.9 Å². The minimum absolute atomic E-state index is 0.0196. The molecule has 2 unspecified atom stereocenters. The lowest BCUT2D eigenvalue weighted by molar-refractivity contribution is 0.196. The maximum atomic E-state index is 9.91. The van der Waals surface area contributed by atoms with Gasteiger partial charge in [-0.05, 0) is 30.5 Å². The van der Waals surface area contributed by atoms with Gasteiger partial charge in [-0.2, -0.15) is 5.10 Å². The topological polar surface area (TPSA) is 99.6 Å². The molecule has 7 nitrogen and oxygen atoms in total. The molecule has 0 fully saturated rings. The van der Waals surface area contributed by atoms with Crippen molar-refractivity contribution >= 4 is 28.6 Å². The molecule has 4 aromatic rings. The highest BCUT2D eigenvalue weighted by Gasteiger charge is 2.19. The van der Waals surface area contributed by atoms with Crippen LogP contribution in [0.2, 0.25) is 0 Å². The number of aliphatic hydroxyl groups is 1. The molecular formula is C24H28N6OS. The molecular weight excluding hydrogens is 420 g/mol. The fourth-order valence-electron chi connectivity index (χ4n) is 3.25. The summed E-state index contributed by atoms with van der Waals surface area (Å²) >= 11 is 1.46. The second-order valence-corrected chi connectivity index (χ2v) is 9.52. The Balaban J connectivity index is 1.59. The first-order chi connectivity index (χ1) is 15.4. The van der Waals surface area contributed by atoms with Gasteiger partial charge in [-0.15, -0.1) is 0 Å². The third kappa shape index (κ3) is 4.92. The van der Waals surface area contributed by atoms with E-state index >= 15 is 0 Å². The zero-order chi connectivity index (χ0) is 22.7. The van der Waals surface area contributed by atoms with E-state index in [1.54, 1.807) is 13.1 Å². The Hall–Kier alpha value is -2.97. The molecule has 8 heteroatoms. The highest BCUT2D eigenvalue weighted by molar-refractivity contribution is 7.99. The van der Waals surface area contributed by atoms with Crippen molar-refractivity contribution in [2.45, 2.75) is 56.7 Å². The van der Waals surface area contributed by atoms with E-state index in [0.29, 0.717) is 17.5 Å². The number of benzene rings is 1. The van der Waals surface area contributed by atoms with Crippen LogP contribution in [0.25, 0.3) is 22.3 Å². The molecule has 0 aliphatic rings. The lowest BCUT2D eigenvalue weighted by atomic mass is 10.1. The van der Waals surface area contributed by atoms with Crippen LogP contribution >= 0.6 is 11.8 Å². The standard InChI is InChI=1S/C24H28N6OS/c1-14(2)20-21-22(30-29-20)23(28-24(27-21)32-16(4)15(3)31)26-13-17-8-10-18(11-9-17)19-7-5-6-12-25-19/h5-12,14-16,31H,13H2,1-4H3,(H,29,30)(H,26,27,28). The van der Waals surface area contributed by atoms with Gasteiger partial charge in [0.25, 0.3) is 0 Å². The van der Waals surface area contributed by atoms with E-state index in [-0.39, 0.29) is 11.2 Å². The van der Waals surface area contributed by atoms with Crippen LogP contribution in [0, 0.1) is 0 Å². The number of hydrogen-bond acceptors (Lipinski definition) is 7. The molecule has 0 amide bonds. The Morgan fingerprint density at radius 3 is 2.44 bits per heavy atom. The van der Waals surface area contributed by atoms with E-state index in [1.807, 2.05) is 25.1 Å². The number of aromatic amines is 1. The molecule has 32 heavy (non-hydrogen) atoms. The molecule has 0 aliphatic heterocycles. The summed E-state index contributed by atoms with van der Waals surface area (Å²) in [7, 11) is 0. The maximum absolute atomic E-state index is 9.91. The summed E-state index contributed by atoms with van der Waals surface area (Å²) in [5.41, 5.74) is 5.70. The largest absolute Gasteiger partial charge is 0.392 e. The molecule has 0 saturated heterocycles. The fourth-order valence-corrected chi connectivity index (χ4v) is 4.07. The number of nitrogens with zero attached hydrogens (tertiary/aromatic N) is 4. The summed E-state index contributed by atoms with van der Waals surface area (Å²) in [4.78, 5) is 13.9. The number of H-pyrrole nitrogens is 1. The lowest BCUT2D eigenvalue weighted by Gasteiger charge is -2.14. The van der Waals surface area contributed by atoms with Gasteiger partial charge < -0.3 is 10.4 Å². The van der Waals surface area contributed by atoms with Crippen molar-refractivity contribution < 1.29 is 5.11 Å². The van der Waals surface area contributed by atoms with Crippen LogP contribution in [0.5, 0.6) is 0 Å². The highest BCUT2D eigenvalue weighted by atomic mass is 32.2. The Kier molecular flexibility index (Phi) is 6.72. The summed E-state index contributed by atoms with van der Waals surface area (Å²) in [6.45, 7) is 8.57. The average molecular weight is 449 g/mol. The molecule has 0 aliphatic carbocycles. The predicted octanol–water partition coefficient (Wildman–Crippen LogP) is 5.01. The van der Waals surface area contributed by atoms with Gasteiger partial charge >= 0.3 is 0 Å². The van der Waals surface area contributed by atoms with E-state index in [1.165, 1.54) is 11.8 Å². The number of aliphatic hydroxyl groups excluding tert-OH is 1. The Labute approximate surface area is 192 Å². The first kappa shape index (κ1) is 22.2. The highest BCUT2D eigenvalue weighted by Crippen LogP contribution is 2.30. The first-order valence-corrected chi connectivity index (χ1v) is 11.6. The molecule has 1 aromatic carbocycles. The van der Waals surface area contributed by atoms with Gasteiger partial charge in [0.05, 0.1) is 17.5 Å². The number of hydrogen-bond donors (Lipinski definition) is 3. The van der Waals surface area contributed by atoms with Gasteiger partial charge in [-0.3, -0.25) is 10.1 Å². The number of fused-ring (bicyclic) bond motifs is 1. The van der Waals surface area contributed by atoms with Crippen LogP contribution in [0.4, 0.5) is 5.82 Å². The van der Waals surface area contributed by atoms with E-state index in [4.69, 9.17) is 9.97 Å². The van der Waals surface area contributed by atoms with Crippen LogP contribution in [0.3, 0.4) is 0 Å². The Bertz CT molecular complexity index is 1170. The van der Waals surface area contributed by atoms with Crippen LogP contribution in [-0.2, 0) is 6.54 Å². The van der Waals surface area contributed by atoms with Gasteiger partial charge in [0.15, 0.2) is 16.5 Å². The molecule has 3 heterocycles. The van der Waals surface area contributed by atoms with Crippen molar-refractivity contribution in [3.05, 3.63) is 59.9 Å². The molecule has 4 rings (SSSR count). The average Bonchev–Trinajstić information content (AvgIpc) is 3.23. The van der Waals surface area contributed by atoms with Crippen molar-refractivity contribution in [2.24, 2.45) is 0 Å². The summed E-state index contributed by atoms with van der Waals surface area (Å²) < 4.78 is 0. The van der Waals surface area contributed by atoms with Crippen LogP contribution < -0.4 is 5.32 Å². The number of aromatic nitrogens is 5. The van der Waals surface area contributed by atoms with Crippen molar-refractivity contribution in [1.82, 2.24) is 25.1 Å². The molecule has 3 aromatic heterocycles. The molecule has 0 saturated carbocycles. The van der Waals surface area contributed by atoms with Gasteiger partial charge in [-0.1, -0.05) is 62.9 Å². The fraction of sp³-hybridized carbons (Fsp3) is 0.333. The quantitative estimate of drug-likeness (QED) is 0.257. The van der Waals surface area contributed by atoms with Crippen molar-refractivity contribution in [3.8, 4) is 11.3 Å². The molecule has 0 radical (unpaired) electrons. The van der Waals surface area contributed by atoms with Crippen LogP contribution in [-0.4, -0.2) is 41.6 Å². The van der Waals surface area contributed by atoms with Gasteiger partial charge in [0.1, 0.15) is 5.52 Å². The Morgan fingerprint density at radius 1 is 1.00 bits per heavy atom. The van der Waals surface area contributed by atoms with Gasteiger partial charge in [-0.25, -0.2) is 9.97 Å². The predicted molar refractivity (Wildman–Crippen MR) is 130 cm³/mol. The summed E-state index contributed by atoms with van der Waals surface area (Å²) in [5, 5.41) is 21.6. The monoisotopic (exact) mass is 448 g/mol. The molecule has 0 spiro atoms. The van der Waals surface area contributed by atoms with E-state index in [0.717, 1.165) is 33.5 Å². The number of pyridine rings is 1. The van der Waals surface area contributed by atoms with E-state index in [2.05, 4.69) is 58.6 Å². The van der Waals surface area contributed by atoms with Crippen LogP contribution in [0.15, 0.2) is 53.8 Å². The molecule has 2 atom stereocenters. The summed E-state index contributed by atoms with van der Waals surface area (Å²) in [6.07, 6.45) is 1.34. The van der Waals surface area contributed by atoms with Gasteiger partial charge in [0.2, 0.25) is 0 Å². The van der Waals surface area contributed by atoms with Gasteiger partial charge in [0, 0.05) is 23.6 Å². The maximum Gasteiger partial charge on any atom is 0.190 e. The smallest absolute Gasteiger partial charge is 0.190 e. The second-order valence-electron chi connectivity index (χ2n) is 8.17. The van der Waals surface area contributed by atoms with Crippen molar-refractivity contribution in [3.63, 3.8) is 0 Å². The zero-order valence-electron chi connectivity index (χ0n) is 18.7. The second kappa shape index (κ2) is 9.67. The Morgan fingerprint density at radius 2 is 1.78 bits per heavy atom. The first-order valence-electron chi connectivity index (χ1n) is 10.8. The zero-order valence-corrected chi connectivity index (χ0v) is 19.5. The third-order valence-electron chi connectivity index (χ3n) is 5.33. The van der Waals surface area contributed by atoms with E-state index < -0.39 is 6.10 Å². The molecule has 3 N–H and O–H groups in total. The minimum atomic E-state index is -0.456. The van der Waals surface area contributed by atoms with E-state index in [9.17, 15) is 5.11 Å². The number of thioether (sulfide) groups is 1. The molecule has 166 valence electrons. The number of nitrogens with one attached hydrogen (secondary N) is 2. The normalized spacial score (nSPS) is 13.4. The van der Waals surface area contributed by atoms with Crippen molar-refractivity contribution in [2.75, 3.05) is 5.32 Å². The van der Waals surface area contributed by atoms with Crippen molar-refractivity contribution in [1.29, 1.82) is 0 Å². The summed E-state index contributed by atoms with van der Waals surface area (Å²) in [5.74, 6) is 0.946. The summed E-state index contributed by atoms with van der Waals surface area (Å²) in [6, 6.07) is 14.2. The number of rotatable bonds is 8. The lowest BCUT2D eigenvalue weighted by Crippen LogP contribution is -2.15. The molecule has 0 bridgehead atoms.